The SMILES string of the molecule is C=Cc1ccc(OCc2c(-c3c(Cl)cccc3Cl)noc2C2CC2)cc1Cl.FF.FF.FF.[CH2-]CCC.[HH].[HH].[HH].[Li+]. The third-order valence-electron chi connectivity index (χ3n) is 4.89. The Hall–Kier alpha value is -1.76. The van der Waals surface area contributed by atoms with Crippen molar-refractivity contribution in [2.75, 3.05) is 0 Å². The van der Waals surface area contributed by atoms with Crippen molar-refractivity contribution in [3.05, 3.63) is 81.9 Å². The Morgan fingerprint density at radius 3 is 2.05 bits per heavy atom. The van der Waals surface area contributed by atoms with Gasteiger partial charge in [0.1, 0.15) is 23.8 Å². The molecule has 1 heterocycles. The van der Waals surface area contributed by atoms with Crippen LogP contribution in [-0.2, 0) is 6.61 Å². The van der Waals surface area contributed by atoms with E-state index >= 15 is 0 Å². The number of aromatic nitrogens is 1. The number of hydrogen-bond acceptors (Lipinski definition) is 3. The number of halogens is 9. The molecule has 13 heteroatoms. The van der Waals surface area contributed by atoms with Gasteiger partial charge < -0.3 is 16.2 Å². The van der Waals surface area contributed by atoms with Crippen LogP contribution in [0.5, 0.6) is 5.75 Å². The van der Waals surface area contributed by atoms with Gasteiger partial charge in [-0.2, -0.15) is 6.42 Å². The van der Waals surface area contributed by atoms with Gasteiger partial charge in [0.05, 0.1) is 20.6 Å². The third kappa shape index (κ3) is 11.5. The van der Waals surface area contributed by atoms with Crippen LogP contribution < -0.4 is 23.6 Å². The fourth-order valence-corrected chi connectivity index (χ4v) is 3.79. The first-order valence-corrected chi connectivity index (χ1v) is 11.8. The van der Waals surface area contributed by atoms with Crippen LogP contribution in [0.4, 0.5) is 27.4 Å². The average molecular weight is 605 g/mol. The molecule has 1 fully saturated rings. The van der Waals surface area contributed by atoms with Crippen LogP contribution in [-0.4, -0.2) is 5.16 Å². The van der Waals surface area contributed by atoms with E-state index in [0.29, 0.717) is 38.0 Å². The third-order valence-corrected chi connectivity index (χ3v) is 5.85. The summed E-state index contributed by atoms with van der Waals surface area (Å²) in [6.07, 6.45) is 6.14. The first-order chi connectivity index (χ1) is 18.0. The molecule has 0 aliphatic heterocycles. The van der Waals surface area contributed by atoms with Crippen molar-refractivity contribution < 1.29 is 59.8 Å². The summed E-state index contributed by atoms with van der Waals surface area (Å²) in [5.41, 5.74) is 3.02. The van der Waals surface area contributed by atoms with Crippen LogP contribution in [0.2, 0.25) is 15.1 Å². The van der Waals surface area contributed by atoms with E-state index in [0.717, 1.165) is 36.1 Å². The van der Waals surface area contributed by atoms with Crippen molar-refractivity contribution in [1.29, 1.82) is 0 Å². The van der Waals surface area contributed by atoms with Crippen LogP contribution in [0.25, 0.3) is 17.3 Å². The van der Waals surface area contributed by atoms with Gasteiger partial charge in [0.2, 0.25) is 0 Å². The largest absolute Gasteiger partial charge is 1.00 e. The Morgan fingerprint density at radius 2 is 1.61 bits per heavy atom. The minimum absolute atomic E-state index is 0. The Labute approximate surface area is 249 Å². The van der Waals surface area contributed by atoms with Crippen LogP contribution in [0.15, 0.2) is 47.5 Å². The first kappa shape index (κ1) is 38.4. The van der Waals surface area contributed by atoms with Crippen molar-refractivity contribution in [1.82, 2.24) is 5.16 Å². The van der Waals surface area contributed by atoms with Crippen LogP contribution in [0, 0.1) is 6.92 Å². The molecule has 1 aromatic heterocycles. The molecule has 3 aromatic rings. The summed E-state index contributed by atoms with van der Waals surface area (Å²) in [5.74, 6) is 1.87. The number of rotatable bonds is 7. The van der Waals surface area contributed by atoms with E-state index in [2.05, 4.69) is 25.6 Å². The molecule has 0 amide bonds. The predicted molar refractivity (Wildman–Crippen MR) is 143 cm³/mol. The first-order valence-electron chi connectivity index (χ1n) is 10.7. The van der Waals surface area contributed by atoms with E-state index in [4.69, 9.17) is 71.5 Å². The number of benzene rings is 2. The molecule has 0 unspecified atom stereocenters. The Morgan fingerprint density at radius 1 is 1.05 bits per heavy atom. The van der Waals surface area contributed by atoms with Gasteiger partial charge in [0.25, 0.3) is 0 Å². The number of nitrogens with zero attached hydrogens (tertiary/aromatic N) is 1. The van der Waals surface area contributed by atoms with Gasteiger partial charge in [-0.3, -0.25) is 0 Å². The molecule has 0 saturated heterocycles. The molecule has 3 nitrogen and oxygen atoms in total. The monoisotopic (exact) mass is 603 g/mol. The molecule has 0 N–H and O–H groups in total. The average Bonchev–Trinajstić information content (AvgIpc) is 3.71. The standard InChI is InChI=1S/C21H16Cl3NO2.C4H9.3F2.Li.3H2/c1-2-12-8-9-14(10-18(12)24)26-11-15-20(25-27-21(15)13-6-7-13)19-16(22)4-3-5-17(19)23;1-3-4-2;3*1-2;;;;/h2-5,8-10,13H,1,6-7,11H2;1,3-4H2,2H3;;;;;3*1H/q;-1;;;;+1;;;. The van der Waals surface area contributed by atoms with E-state index in [1.807, 2.05) is 12.1 Å². The van der Waals surface area contributed by atoms with Gasteiger partial charge in [-0.1, -0.05) is 72.0 Å². The zero-order chi connectivity index (χ0) is 28.4. The second-order valence-electron chi connectivity index (χ2n) is 7.27. The van der Waals surface area contributed by atoms with E-state index in [1.165, 1.54) is 6.42 Å². The fourth-order valence-electron chi connectivity index (χ4n) is 2.97. The maximum absolute atomic E-state index is 8.00. The quantitative estimate of drug-likeness (QED) is 0.153. The van der Waals surface area contributed by atoms with E-state index in [-0.39, 0.29) is 29.7 Å². The summed E-state index contributed by atoms with van der Waals surface area (Å²) >= 11 is 19.0. The summed E-state index contributed by atoms with van der Waals surface area (Å²) < 4.78 is 59.6. The molecule has 1 aliphatic carbocycles. The van der Waals surface area contributed by atoms with Crippen molar-refractivity contribution >= 4 is 40.9 Å². The molecular weight excluding hydrogens is 574 g/mol. The zero-order valence-corrected chi connectivity index (χ0v) is 23.0. The molecule has 4 rings (SSSR count). The van der Waals surface area contributed by atoms with Crippen LogP contribution >= 0.6 is 34.8 Å². The van der Waals surface area contributed by atoms with Crippen LogP contribution in [0.1, 0.15) is 59.7 Å². The molecule has 1 aliphatic rings. The second-order valence-corrected chi connectivity index (χ2v) is 8.50. The van der Waals surface area contributed by atoms with E-state index in [1.54, 1.807) is 30.3 Å². The Bertz CT molecular complexity index is 1060. The maximum atomic E-state index is 8.00. The summed E-state index contributed by atoms with van der Waals surface area (Å²) in [6, 6.07) is 10.9. The number of unbranched alkanes of at least 4 members (excludes halogenated alkanes) is 1. The summed E-state index contributed by atoms with van der Waals surface area (Å²) in [7, 11) is 0. The van der Waals surface area contributed by atoms with Gasteiger partial charge in [0.15, 0.2) is 0 Å². The molecule has 2 aromatic carbocycles. The van der Waals surface area contributed by atoms with Crippen molar-refractivity contribution in [3.63, 3.8) is 0 Å². The Balaban J connectivity index is -0.000000276. The summed E-state index contributed by atoms with van der Waals surface area (Å²) in [6.45, 7) is 9.75. The van der Waals surface area contributed by atoms with Crippen molar-refractivity contribution in [2.45, 2.75) is 45.1 Å². The van der Waals surface area contributed by atoms with Gasteiger partial charge in [0, 0.05) is 43.2 Å². The summed E-state index contributed by atoms with van der Waals surface area (Å²) in [4.78, 5) is 0. The Kier molecular flexibility index (Phi) is 22.3. The van der Waals surface area contributed by atoms with Gasteiger partial charge in [-0.25, -0.2) is 0 Å². The predicted octanol–water partition coefficient (Wildman–Crippen LogP) is 9.28. The number of hydrogen-bond donors (Lipinski definition) is 0. The van der Waals surface area contributed by atoms with Gasteiger partial charge >= 0.3 is 18.9 Å². The summed E-state index contributed by atoms with van der Waals surface area (Å²) in [5, 5.41) is 5.90. The molecule has 212 valence electrons. The van der Waals surface area contributed by atoms with Crippen LogP contribution in [0.3, 0.4) is 0 Å². The maximum Gasteiger partial charge on any atom is 1.00 e. The molecule has 38 heavy (non-hydrogen) atoms. The van der Waals surface area contributed by atoms with E-state index in [9.17, 15) is 0 Å². The molecular formula is C25H31Cl3F6LiNO2. The molecule has 0 radical (unpaired) electrons. The van der Waals surface area contributed by atoms with Crippen molar-refractivity contribution in [2.24, 2.45) is 0 Å². The minimum Gasteiger partial charge on any atom is -0.489 e. The molecule has 0 atom stereocenters. The topological polar surface area (TPSA) is 35.3 Å². The van der Waals surface area contributed by atoms with Gasteiger partial charge in [-0.15, -0.1) is 0 Å². The van der Waals surface area contributed by atoms with Gasteiger partial charge in [-0.05, 0) is 48.7 Å². The second kappa shape index (κ2) is 22.1. The minimum atomic E-state index is 0. The number of ether oxygens (including phenoxy) is 1. The van der Waals surface area contributed by atoms with Crippen molar-refractivity contribution in [3.8, 4) is 17.0 Å². The van der Waals surface area contributed by atoms with E-state index < -0.39 is 0 Å². The normalized spacial score (nSPS) is 10.9. The smallest absolute Gasteiger partial charge is 0.489 e. The molecule has 0 bridgehead atoms. The fraction of sp³-hybridized carbons (Fsp3) is 0.280. The zero-order valence-electron chi connectivity index (χ0n) is 20.7. The molecule has 0 spiro atoms. The molecule has 1 saturated carbocycles.